The van der Waals surface area contributed by atoms with Gasteiger partial charge in [0.2, 0.25) is 5.60 Å². The van der Waals surface area contributed by atoms with Gasteiger partial charge in [-0.05, 0) is 38.2 Å². The van der Waals surface area contributed by atoms with Crippen molar-refractivity contribution in [1.29, 1.82) is 5.41 Å². The molecule has 0 heterocycles. The van der Waals surface area contributed by atoms with Crippen molar-refractivity contribution in [3.8, 4) is 0 Å². The van der Waals surface area contributed by atoms with Gasteiger partial charge in [-0.2, -0.15) is 13.2 Å². The summed E-state index contributed by atoms with van der Waals surface area (Å²) in [7, 11) is 1.53. The molecule has 6 N–H and O–H groups in total. The zero-order valence-corrected chi connectivity index (χ0v) is 20.8. The van der Waals surface area contributed by atoms with Gasteiger partial charge in [0.1, 0.15) is 12.0 Å². The van der Waals surface area contributed by atoms with Crippen molar-refractivity contribution in [1.82, 2.24) is 5.32 Å². The number of hydrogen-bond acceptors (Lipinski definition) is 10. The summed E-state index contributed by atoms with van der Waals surface area (Å²) in [4.78, 5) is 67.0. The Morgan fingerprint density at radius 2 is 1.74 bits per heavy atom. The van der Waals surface area contributed by atoms with Crippen LogP contribution in [0.1, 0.15) is 39.0 Å². The highest BCUT2D eigenvalue weighted by Crippen LogP contribution is 2.58. The van der Waals surface area contributed by atoms with E-state index >= 15 is 0 Å². The Morgan fingerprint density at radius 1 is 1.18 bits per heavy atom. The maximum Gasteiger partial charge on any atom is 0.490 e. The molecule has 3 aliphatic rings. The third kappa shape index (κ3) is 6.90. The van der Waals surface area contributed by atoms with Crippen molar-refractivity contribution in [2.24, 2.45) is 11.7 Å². The topological polar surface area (TPSA) is 215 Å². The molecular formula is C23H26F3N3O10. The lowest BCUT2D eigenvalue weighted by Gasteiger charge is -2.29. The molecular weight excluding hydrogens is 535 g/mol. The van der Waals surface area contributed by atoms with E-state index in [9.17, 15) is 32.3 Å². The molecule has 3 rings (SSSR count). The molecule has 0 aromatic carbocycles. The summed E-state index contributed by atoms with van der Waals surface area (Å²) in [5.74, 6) is -3.53. The average Bonchev–Trinajstić information content (AvgIpc) is 3.50. The highest BCUT2D eigenvalue weighted by Gasteiger charge is 2.67. The average molecular weight is 561 g/mol. The Labute approximate surface area is 218 Å². The number of nitrogens with one attached hydrogen (secondary N) is 2. The molecule has 16 heteroatoms. The second-order valence-electron chi connectivity index (χ2n) is 8.72. The molecule has 0 aromatic heterocycles. The van der Waals surface area contributed by atoms with Crippen LogP contribution in [0.2, 0.25) is 0 Å². The van der Waals surface area contributed by atoms with Crippen LogP contribution < -0.4 is 11.1 Å². The molecule has 1 saturated carbocycles. The molecule has 214 valence electrons. The number of amidine groups is 1. The lowest BCUT2D eigenvalue weighted by molar-refractivity contribution is -0.324. The number of carboxylic acid groups (broad SMARTS) is 2. The van der Waals surface area contributed by atoms with E-state index in [2.05, 4.69) is 5.32 Å². The third-order valence-corrected chi connectivity index (χ3v) is 6.18. The first-order chi connectivity index (χ1) is 18.1. The molecule has 39 heavy (non-hydrogen) atoms. The molecule has 1 fully saturated rings. The number of alkyl halides is 3. The van der Waals surface area contributed by atoms with Crippen LogP contribution in [-0.4, -0.2) is 77.2 Å². The van der Waals surface area contributed by atoms with E-state index in [0.717, 1.165) is 0 Å². The van der Waals surface area contributed by atoms with Crippen LogP contribution >= 0.6 is 0 Å². The summed E-state index contributed by atoms with van der Waals surface area (Å²) in [6.07, 6.45) is -3.42. The number of ether oxygens (including phenoxy) is 1. The minimum Gasteiger partial charge on any atom is -0.479 e. The van der Waals surface area contributed by atoms with Gasteiger partial charge in [-0.15, -0.1) is 0 Å². The molecule has 0 aromatic rings. The van der Waals surface area contributed by atoms with Crippen molar-refractivity contribution in [3.63, 3.8) is 0 Å². The Balaban J connectivity index is 0.000000673. The van der Waals surface area contributed by atoms with Crippen molar-refractivity contribution < 1.29 is 61.9 Å². The SMILES string of the molecule is CNC1=C(C(C)=O)C2=C(CC1=C=O)C2(OOCC(=O)O)C(=O)OC1CCC(C(=N)N)CC1.O=C(O)C(F)(F)F. The van der Waals surface area contributed by atoms with Crippen LogP contribution in [-0.2, 0) is 38.5 Å². The zero-order chi connectivity index (χ0) is 29.7. The molecule has 0 saturated heterocycles. The van der Waals surface area contributed by atoms with Crippen LogP contribution in [0.5, 0.6) is 0 Å². The lowest BCUT2D eigenvalue weighted by atomic mass is 9.86. The number of carbonyl (C=O) groups is 4. The fourth-order valence-electron chi connectivity index (χ4n) is 4.35. The van der Waals surface area contributed by atoms with Crippen molar-refractivity contribution in [2.75, 3.05) is 13.7 Å². The molecule has 3 aliphatic carbocycles. The fourth-order valence-corrected chi connectivity index (χ4v) is 4.35. The summed E-state index contributed by atoms with van der Waals surface area (Å²) in [6, 6.07) is 0. The van der Waals surface area contributed by atoms with Crippen molar-refractivity contribution in [3.05, 3.63) is 28.0 Å². The van der Waals surface area contributed by atoms with E-state index in [4.69, 9.17) is 40.7 Å². The summed E-state index contributed by atoms with van der Waals surface area (Å²) in [5, 5.41) is 26.3. The molecule has 0 aliphatic heterocycles. The number of ketones is 1. The largest absolute Gasteiger partial charge is 0.490 e. The zero-order valence-electron chi connectivity index (χ0n) is 20.8. The van der Waals surface area contributed by atoms with Crippen molar-refractivity contribution >= 4 is 35.5 Å². The summed E-state index contributed by atoms with van der Waals surface area (Å²) in [6.45, 7) is 0.439. The van der Waals surface area contributed by atoms with Gasteiger partial charge in [0, 0.05) is 30.5 Å². The van der Waals surface area contributed by atoms with E-state index in [1.165, 1.54) is 14.0 Å². The second-order valence-corrected chi connectivity index (χ2v) is 8.72. The fraction of sp³-hybridized carbons (Fsp3) is 0.522. The first kappa shape index (κ1) is 31.2. The Bertz CT molecular complexity index is 1180. The number of nitrogens with two attached hydrogens (primary N) is 1. The molecule has 0 bridgehead atoms. The number of allylic oxidation sites excluding steroid dienone is 1. The van der Waals surface area contributed by atoms with Gasteiger partial charge >= 0.3 is 24.1 Å². The number of carbonyl (C=O) groups excluding carboxylic acids is 3. The van der Waals surface area contributed by atoms with Crippen LogP contribution in [0.25, 0.3) is 0 Å². The van der Waals surface area contributed by atoms with Gasteiger partial charge in [0.15, 0.2) is 12.4 Å². The van der Waals surface area contributed by atoms with Gasteiger partial charge in [0.25, 0.3) is 0 Å². The van der Waals surface area contributed by atoms with Crippen LogP contribution in [0.15, 0.2) is 28.0 Å². The molecule has 13 nitrogen and oxygen atoms in total. The molecule has 1 atom stereocenters. The van der Waals surface area contributed by atoms with E-state index in [1.807, 2.05) is 0 Å². The number of hydrogen-bond donors (Lipinski definition) is 5. The number of rotatable bonds is 9. The number of carboxylic acids is 2. The highest BCUT2D eigenvalue weighted by molar-refractivity contribution is 6.11. The normalized spacial score (nSPS) is 24.0. The van der Waals surface area contributed by atoms with Gasteiger partial charge in [-0.3, -0.25) is 10.2 Å². The maximum absolute atomic E-state index is 13.3. The first-order valence-corrected chi connectivity index (χ1v) is 11.4. The van der Waals surface area contributed by atoms with Gasteiger partial charge in [-0.1, -0.05) is 0 Å². The minimum absolute atomic E-state index is 0.0333. The van der Waals surface area contributed by atoms with Gasteiger partial charge < -0.3 is 26.0 Å². The van der Waals surface area contributed by atoms with Gasteiger partial charge in [-0.25, -0.2) is 29.0 Å². The Morgan fingerprint density at radius 3 is 2.15 bits per heavy atom. The molecule has 0 amide bonds. The monoisotopic (exact) mass is 561 g/mol. The highest BCUT2D eigenvalue weighted by atomic mass is 19.4. The number of aliphatic carboxylic acids is 2. The molecule has 0 radical (unpaired) electrons. The first-order valence-electron chi connectivity index (χ1n) is 11.4. The number of halogens is 3. The van der Waals surface area contributed by atoms with Crippen molar-refractivity contribution in [2.45, 2.75) is 56.9 Å². The smallest absolute Gasteiger partial charge is 0.479 e. The standard InChI is InChI=1S/C21H25N3O8.C2HF3O2/c1-10(26)16-17-14(7-12(8-25)18(16)24-2)21(17,32-30-9-15(27)28)20(29)31-13-5-3-11(4-6-13)19(22)23;3-2(4,5)1(6)7/h11,13,24H,3-7,9H2,1-2H3,(H3,22,23)(H,27,28);(H,6,7). The lowest BCUT2D eigenvalue weighted by Crippen LogP contribution is -2.39. The van der Waals surface area contributed by atoms with E-state index in [1.54, 1.807) is 5.94 Å². The quantitative estimate of drug-likeness (QED) is 0.0665. The van der Waals surface area contributed by atoms with Crippen LogP contribution in [0.4, 0.5) is 13.2 Å². The number of Topliss-reactive ketones (excluding diaryl/α,β-unsaturated/α-hetero) is 1. The number of esters is 1. The number of likely N-dealkylation sites (N-methyl/N-ethyl adjacent to an activating group) is 1. The van der Waals surface area contributed by atoms with E-state index in [-0.39, 0.29) is 40.6 Å². The predicted octanol–water partition coefficient (Wildman–Crippen LogP) is 0.964. The van der Waals surface area contributed by atoms with Crippen LogP contribution in [0.3, 0.4) is 0 Å². The maximum atomic E-state index is 13.3. The van der Waals surface area contributed by atoms with E-state index < -0.39 is 48.2 Å². The van der Waals surface area contributed by atoms with Crippen LogP contribution in [0, 0.1) is 11.3 Å². The molecule has 1 unspecified atom stereocenters. The molecule has 0 spiro atoms. The predicted molar refractivity (Wildman–Crippen MR) is 122 cm³/mol. The van der Waals surface area contributed by atoms with E-state index in [0.29, 0.717) is 31.3 Å². The Kier molecular flexibility index (Phi) is 9.79. The second kappa shape index (κ2) is 12.2. The third-order valence-electron chi connectivity index (χ3n) is 6.18. The minimum atomic E-state index is -5.08. The summed E-state index contributed by atoms with van der Waals surface area (Å²) >= 11 is 0. The summed E-state index contributed by atoms with van der Waals surface area (Å²) < 4.78 is 37.4. The van der Waals surface area contributed by atoms with Gasteiger partial charge in [0.05, 0.1) is 17.1 Å². The Hall–Kier alpha value is -4.01. The summed E-state index contributed by atoms with van der Waals surface area (Å²) in [5.41, 5.74) is 4.59.